The van der Waals surface area contributed by atoms with Gasteiger partial charge in [0.1, 0.15) is 5.69 Å². The molecule has 5 nitrogen and oxygen atoms in total. The first-order chi connectivity index (χ1) is 8.85. The van der Waals surface area contributed by atoms with Gasteiger partial charge in [-0.25, -0.2) is 4.98 Å². The minimum atomic E-state index is -0.292. The summed E-state index contributed by atoms with van der Waals surface area (Å²) in [4.78, 5) is 6.61. The van der Waals surface area contributed by atoms with E-state index in [-0.39, 0.29) is 18.2 Å². The largest absolute Gasteiger partial charge is 0.374 e. The molecule has 2 rings (SSSR count). The number of hydrogen-bond donors (Lipinski definition) is 0. The van der Waals surface area contributed by atoms with E-state index < -0.39 is 0 Å². The predicted octanol–water partition coefficient (Wildman–Crippen LogP) is 2.79. The van der Waals surface area contributed by atoms with E-state index >= 15 is 0 Å². The molecule has 0 saturated carbocycles. The number of hydrogen-bond acceptors (Lipinski definition) is 6. The van der Waals surface area contributed by atoms with Crippen LogP contribution in [0.25, 0.3) is 0 Å². The summed E-state index contributed by atoms with van der Waals surface area (Å²) >= 11 is 1.59. The molecule has 0 aromatic carbocycles. The summed E-state index contributed by atoms with van der Waals surface area (Å²) in [7, 11) is 2.01. The molecule has 0 N–H and O–H groups in total. The van der Waals surface area contributed by atoms with Crippen molar-refractivity contribution in [3.05, 3.63) is 11.1 Å². The van der Waals surface area contributed by atoms with Crippen LogP contribution >= 0.6 is 11.3 Å². The van der Waals surface area contributed by atoms with Crippen molar-refractivity contribution >= 4 is 16.5 Å². The van der Waals surface area contributed by atoms with E-state index in [0.717, 1.165) is 17.4 Å². The second kappa shape index (κ2) is 5.75. The zero-order chi connectivity index (χ0) is 14.0. The Morgan fingerprint density at radius 1 is 1.42 bits per heavy atom. The molecule has 108 valence electrons. The molecule has 6 heteroatoms. The molecule has 0 bridgehead atoms. The van der Waals surface area contributed by atoms with E-state index in [1.165, 1.54) is 0 Å². The fraction of sp³-hybridized carbons (Fsp3) is 0.769. The number of ether oxygens (including phenoxy) is 3. The van der Waals surface area contributed by atoms with Crippen LogP contribution in [0.5, 0.6) is 0 Å². The van der Waals surface area contributed by atoms with Crippen LogP contribution in [0.1, 0.15) is 39.7 Å². The van der Waals surface area contributed by atoms with Crippen molar-refractivity contribution in [3.8, 4) is 0 Å². The van der Waals surface area contributed by atoms with Crippen LogP contribution in [0.3, 0.4) is 0 Å². The Hall–Kier alpha value is -0.690. The summed E-state index contributed by atoms with van der Waals surface area (Å²) in [5.41, 5.74) is 0.750. The van der Waals surface area contributed by atoms with Gasteiger partial charge in [-0.15, -0.1) is 11.3 Å². The minimum absolute atomic E-state index is 0.0986. The molecule has 2 heterocycles. The lowest BCUT2D eigenvalue weighted by atomic mass is 10.2. The topological polar surface area (TPSA) is 43.8 Å². The molecule has 1 aromatic rings. The van der Waals surface area contributed by atoms with Gasteiger partial charge in [0.2, 0.25) is 6.29 Å². The first-order valence-corrected chi connectivity index (χ1v) is 7.34. The molecular formula is C13H22N2O3S. The lowest BCUT2D eigenvalue weighted by Gasteiger charge is -2.32. The van der Waals surface area contributed by atoms with Crippen LogP contribution in [-0.4, -0.2) is 37.1 Å². The van der Waals surface area contributed by atoms with Gasteiger partial charge >= 0.3 is 0 Å². The van der Waals surface area contributed by atoms with Crippen molar-refractivity contribution in [2.24, 2.45) is 0 Å². The highest BCUT2D eigenvalue weighted by Gasteiger charge is 2.30. The highest BCUT2D eigenvalue weighted by Crippen LogP contribution is 2.33. The molecule has 0 spiro atoms. The Morgan fingerprint density at radius 2 is 2.11 bits per heavy atom. The van der Waals surface area contributed by atoms with Crippen molar-refractivity contribution in [1.29, 1.82) is 0 Å². The normalized spacial score (nSPS) is 23.2. The highest BCUT2D eigenvalue weighted by atomic mass is 32.1. The number of rotatable bonds is 5. The number of aromatic nitrogens is 1. The summed E-state index contributed by atoms with van der Waals surface area (Å²) < 4.78 is 16.6. The lowest BCUT2D eigenvalue weighted by Crippen LogP contribution is -2.32. The first-order valence-electron chi connectivity index (χ1n) is 6.46. The van der Waals surface area contributed by atoms with E-state index in [1.54, 1.807) is 11.3 Å². The summed E-state index contributed by atoms with van der Waals surface area (Å²) in [6.07, 6.45) is -0.410. The van der Waals surface area contributed by atoms with Gasteiger partial charge in [-0.05, 0) is 27.7 Å². The van der Waals surface area contributed by atoms with Crippen LogP contribution in [-0.2, 0) is 14.2 Å². The Kier molecular flexibility index (Phi) is 4.45. The second-order valence-corrected chi connectivity index (χ2v) is 6.45. The third-order valence-corrected chi connectivity index (χ3v) is 3.64. The second-order valence-electron chi connectivity index (χ2n) is 5.61. The maximum absolute atomic E-state index is 5.71. The smallest absolute Gasteiger partial charge is 0.207 e. The predicted molar refractivity (Wildman–Crippen MR) is 75.5 cm³/mol. The van der Waals surface area contributed by atoms with E-state index in [1.807, 2.05) is 19.4 Å². The summed E-state index contributed by atoms with van der Waals surface area (Å²) in [5.74, 6) is 0. The van der Waals surface area contributed by atoms with Gasteiger partial charge in [0.25, 0.3) is 0 Å². The summed E-state index contributed by atoms with van der Waals surface area (Å²) in [6.45, 7) is 9.54. The number of thiazole rings is 1. The third-order valence-electron chi connectivity index (χ3n) is 2.67. The maximum atomic E-state index is 5.71. The Balaban J connectivity index is 1.81. The van der Waals surface area contributed by atoms with Crippen molar-refractivity contribution in [2.45, 2.75) is 45.9 Å². The molecule has 1 saturated heterocycles. The molecule has 0 radical (unpaired) electrons. The van der Waals surface area contributed by atoms with Crippen LogP contribution in [0, 0.1) is 0 Å². The molecular weight excluding hydrogens is 264 g/mol. The van der Waals surface area contributed by atoms with Crippen LogP contribution < -0.4 is 4.90 Å². The van der Waals surface area contributed by atoms with Crippen LogP contribution in [0.15, 0.2) is 5.38 Å². The Bertz CT molecular complexity index is 410. The molecule has 1 aliphatic rings. The van der Waals surface area contributed by atoms with Gasteiger partial charge in [0.05, 0.1) is 12.2 Å². The molecule has 19 heavy (non-hydrogen) atoms. The first kappa shape index (κ1) is 14.7. The summed E-state index contributed by atoms with van der Waals surface area (Å²) in [5, 5.41) is 2.94. The fourth-order valence-electron chi connectivity index (χ4n) is 1.64. The Morgan fingerprint density at radius 3 is 2.68 bits per heavy atom. The van der Waals surface area contributed by atoms with Crippen molar-refractivity contribution in [3.63, 3.8) is 0 Å². The molecule has 0 unspecified atom stereocenters. The quantitative estimate of drug-likeness (QED) is 0.832. The SMILES string of the molecule is CC1OC(c2csc(N(C)CCOC(C)(C)C)n2)O1. The average Bonchev–Trinajstić information content (AvgIpc) is 2.71. The minimum Gasteiger partial charge on any atom is -0.374 e. The molecule has 1 fully saturated rings. The van der Waals surface area contributed by atoms with Crippen LogP contribution in [0.2, 0.25) is 0 Å². The van der Waals surface area contributed by atoms with Gasteiger partial charge < -0.3 is 19.1 Å². The molecule has 0 amide bonds. The van der Waals surface area contributed by atoms with E-state index in [0.29, 0.717) is 6.61 Å². The number of nitrogens with zero attached hydrogens (tertiary/aromatic N) is 2. The molecule has 0 atom stereocenters. The zero-order valence-electron chi connectivity index (χ0n) is 12.2. The van der Waals surface area contributed by atoms with Crippen molar-refractivity contribution in [2.75, 3.05) is 25.1 Å². The fourth-order valence-corrected chi connectivity index (χ4v) is 2.46. The maximum Gasteiger partial charge on any atom is 0.207 e. The standard InChI is InChI=1S/C13H22N2O3S/c1-9-17-11(18-9)10-8-19-12(14-10)15(5)6-7-16-13(2,3)4/h8-9,11H,6-7H2,1-5H3. The molecule has 0 aliphatic carbocycles. The van der Waals surface area contributed by atoms with Gasteiger partial charge in [-0.2, -0.15) is 0 Å². The van der Waals surface area contributed by atoms with Gasteiger partial charge in [0, 0.05) is 19.0 Å². The van der Waals surface area contributed by atoms with Gasteiger partial charge in [0.15, 0.2) is 11.4 Å². The molecule has 1 aliphatic heterocycles. The van der Waals surface area contributed by atoms with Gasteiger partial charge in [-0.1, -0.05) is 0 Å². The van der Waals surface area contributed by atoms with Crippen LogP contribution in [0.4, 0.5) is 5.13 Å². The van der Waals surface area contributed by atoms with E-state index in [9.17, 15) is 0 Å². The van der Waals surface area contributed by atoms with Crippen molar-refractivity contribution < 1.29 is 14.2 Å². The van der Waals surface area contributed by atoms with E-state index in [4.69, 9.17) is 14.2 Å². The zero-order valence-corrected chi connectivity index (χ0v) is 13.0. The highest BCUT2D eigenvalue weighted by molar-refractivity contribution is 7.13. The number of likely N-dealkylation sites (N-methyl/N-ethyl adjacent to an activating group) is 1. The van der Waals surface area contributed by atoms with Crippen molar-refractivity contribution in [1.82, 2.24) is 4.98 Å². The lowest BCUT2D eigenvalue weighted by molar-refractivity contribution is -0.383. The monoisotopic (exact) mass is 286 g/mol. The average molecular weight is 286 g/mol. The summed E-state index contributed by atoms with van der Waals surface area (Å²) in [6, 6.07) is 0. The van der Waals surface area contributed by atoms with E-state index in [2.05, 4.69) is 30.7 Å². The Labute approximate surface area is 118 Å². The molecule has 1 aromatic heterocycles. The number of anilines is 1. The van der Waals surface area contributed by atoms with Gasteiger partial charge in [-0.3, -0.25) is 0 Å². The third kappa shape index (κ3) is 4.14.